The second-order valence-corrected chi connectivity index (χ2v) is 6.07. The van der Waals surface area contributed by atoms with Crippen molar-refractivity contribution in [3.05, 3.63) is 24.3 Å². The summed E-state index contributed by atoms with van der Waals surface area (Å²) in [6.45, 7) is 2.24. The zero-order valence-electron chi connectivity index (χ0n) is 14.6. The Morgan fingerprint density at radius 2 is 1.09 bits per heavy atom. The molecule has 0 aliphatic heterocycles. The molecule has 1 N–H and O–H groups in total. The Kier molecular flexibility index (Phi) is 17.1. The molecule has 0 saturated heterocycles. The molecule has 0 bridgehead atoms. The van der Waals surface area contributed by atoms with Crippen molar-refractivity contribution in [2.75, 3.05) is 0 Å². The fourth-order valence-electron chi connectivity index (χ4n) is 2.40. The molecule has 0 atom stereocenters. The van der Waals surface area contributed by atoms with Crippen LogP contribution in [0.1, 0.15) is 96.8 Å². The predicted molar refractivity (Wildman–Crippen MR) is 96.2 cm³/mol. The molecule has 0 aliphatic rings. The summed E-state index contributed by atoms with van der Waals surface area (Å²) in [6, 6.07) is 0. The van der Waals surface area contributed by atoms with Crippen molar-refractivity contribution in [3.8, 4) is 0 Å². The van der Waals surface area contributed by atoms with Crippen LogP contribution in [0.15, 0.2) is 24.3 Å². The molecule has 0 fully saturated rings. The number of carboxylic acids is 1. The monoisotopic (exact) mass is 308 g/mol. The van der Waals surface area contributed by atoms with Crippen LogP contribution in [0.5, 0.6) is 0 Å². The van der Waals surface area contributed by atoms with Gasteiger partial charge in [0, 0.05) is 6.42 Å². The number of hydrogen-bond acceptors (Lipinski definition) is 1. The third-order valence-corrected chi connectivity index (χ3v) is 3.81. The average Bonchev–Trinajstić information content (AvgIpc) is 2.50. The number of hydrogen-bond donors (Lipinski definition) is 1. The van der Waals surface area contributed by atoms with Crippen LogP contribution >= 0.6 is 0 Å². The van der Waals surface area contributed by atoms with Gasteiger partial charge in [-0.05, 0) is 44.9 Å². The van der Waals surface area contributed by atoms with Crippen LogP contribution in [0.25, 0.3) is 0 Å². The maximum Gasteiger partial charge on any atom is 0.303 e. The Morgan fingerprint density at radius 3 is 1.55 bits per heavy atom. The maximum atomic E-state index is 10.3. The molecule has 0 unspecified atom stereocenters. The molecule has 0 spiro atoms. The third kappa shape index (κ3) is 18.9. The highest BCUT2D eigenvalue weighted by atomic mass is 16.4. The van der Waals surface area contributed by atoms with E-state index in [2.05, 4.69) is 31.2 Å². The van der Waals surface area contributed by atoms with Crippen molar-refractivity contribution < 1.29 is 9.90 Å². The van der Waals surface area contributed by atoms with Crippen LogP contribution in [0.3, 0.4) is 0 Å². The Morgan fingerprint density at radius 1 is 0.682 bits per heavy atom. The molecule has 0 rings (SSSR count). The summed E-state index contributed by atoms with van der Waals surface area (Å²) in [4.78, 5) is 10.3. The van der Waals surface area contributed by atoms with Gasteiger partial charge in [0.15, 0.2) is 0 Å². The van der Waals surface area contributed by atoms with Gasteiger partial charge < -0.3 is 5.11 Å². The van der Waals surface area contributed by atoms with E-state index in [1.807, 2.05) is 0 Å². The number of carboxylic acid groups (broad SMARTS) is 1. The molecular formula is C20H36O2. The van der Waals surface area contributed by atoms with E-state index in [-0.39, 0.29) is 6.42 Å². The summed E-state index contributed by atoms with van der Waals surface area (Å²) < 4.78 is 0. The second kappa shape index (κ2) is 18.0. The zero-order valence-corrected chi connectivity index (χ0v) is 14.6. The van der Waals surface area contributed by atoms with Gasteiger partial charge in [-0.2, -0.15) is 0 Å². The van der Waals surface area contributed by atoms with E-state index >= 15 is 0 Å². The van der Waals surface area contributed by atoms with Gasteiger partial charge in [-0.15, -0.1) is 0 Å². The Balaban J connectivity index is 3.12. The minimum atomic E-state index is -0.690. The van der Waals surface area contributed by atoms with Crippen molar-refractivity contribution in [1.82, 2.24) is 0 Å². The van der Waals surface area contributed by atoms with Gasteiger partial charge in [-0.25, -0.2) is 0 Å². The zero-order chi connectivity index (χ0) is 16.3. The molecule has 128 valence electrons. The molecule has 0 amide bonds. The smallest absolute Gasteiger partial charge is 0.303 e. The SMILES string of the molecule is CCCCC=CCCCCCCCC/C=C\CCCC(=O)O. The third-order valence-electron chi connectivity index (χ3n) is 3.81. The Hall–Kier alpha value is -1.05. The molecule has 0 aliphatic carbocycles. The summed E-state index contributed by atoms with van der Waals surface area (Å²) in [6.07, 6.45) is 25.3. The van der Waals surface area contributed by atoms with Crippen LogP contribution < -0.4 is 0 Å². The van der Waals surface area contributed by atoms with E-state index in [1.165, 1.54) is 64.2 Å². The number of carbonyl (C=O) groups is 1. The summed E-state index contributed by atoms with van der Waals surface area (Å²) in [7, 11) is 0. The first-order valence-electron chi connectivity index (χ1n) is 9.29. The van der Waals surface area contributed by atoms with E-state index in [4.69, 9.17) is 5.11 Å². The van der Waals surface area contributed by atoms with Crippen molar-refractivity contribution >= 4 is 5.97 Å². The topological polar surface area (TPSA) is 37.3 Å². The van der Waals surface area contributed by atoms with Gasteiger partial charge >= 0.3 is 5.97 Å². The van der Waals surface area contributed by atoms with Crippen molar-refractivity contribution in [2.24, 2.45) is 0 Å². The second-order valence-electron chi connectivity index (χ2n) is 6.07. The highest BCUT2D eigenvalue weighted by molar-refractivity contribution is 5.66. The normalized spacial score (nSPS) is 11.7. The first-order valence-corrected chi connectivity index (χ1v) is 9.29. The van der Waals surface area contributed by atoms with Gasteiger partial charge in [0.2, 0.25) is 0 Å². The van der Waals surface area contributed by atoms with Crippen molar-refractivity contribution in [3.63, 3.8) is 0 Å². The molecule has 0 saturated carbocycles. The fraction of sp³-hybridized carbons (Fsp3) is 0.750. The summed E-state index contributed by atoms with van der Waals surface area (Å²) in [5.41, 5.74) is 0. The molecule has 22 heavy (non-hydrogen) atoms. The summed E-state index contributed by atoms with van der Waals surface area (Å²) >= 11 is 0. The van der Waals surface area contributed by atoms with E-state index < -0.39 is 5.97 Å². The molecule has 0 radical (unpaired) electrons. The van der Waals surface area contributed by atoms with E-state index in [0.29, 0.717) is 0 Å². The first kappa shape index (κ1) is 20.9. The number of allylic oxidation sites excluding steroid dienone is 4. The lowest BCUT2D eigenvalue weighted by atomic mass is 10.1. The van der Waals surface area contributed by atoms with Crippen LogP contribution in [0.2, 0.25) is 0 Å². The summed E-state index contributed by atoms with van der Waals surface area (Å²) in [5.74, 6) is -0.690. The predicted octanol–water partition coefficient (Wildman–Crippen LogP) is 6.66. The summed E-state index contributed by atoms with van der Waals surface area (Å²) in [5, 5.41) is 8.51. The molecular weight excluding hydrogens is 272 g/mol. The maximum absolute atomic E-state index is 10.3. The lowest BCUT2D eigenvalue weighted by Gasteiger charge is -1.99. The molecule has 2 heteroatoms. The standard InChI is InChI=1S/C20H36O2/c1-2-3-4-5-6-7-8-9-10-11-12-13-14-15-16-17-18-19-20(21)22/h5-6,15-16H,2-4,7-14,17-19H2,1H3,(H,21,22)/b6-5?,16-15-. The van der Waals surface area contributed by atoms with Gasteiger partial charge in [-0.3, -0.25) is 4.79 Å². The van der Waals surface area contributed by atoms with Crippen LogP contribution in [-0.4, -0.2) is 11.1 Å². The van der Waals surface area contributed by atoms with Crippen LogP contribution in [0, 0.1) is 0 Å². The van der Waals surface area contributed by atoms with Gasteiger partial charge in [0.05, 0.1) is 0 Å². The largest absolute Gasteiger partial charge is 0.481 e. The molecule has 0 heterocycles. The van der Waals surface area contributed by atoms with Gasteiger partial charge in [0.25, 0.3) is 0 Å². The van der Waals surface area contributed by atoms with E-state index in [1.54, 1.807) is 0 Å². The lowest BCUT2D eigenvalue weighted by Crippen LogP contribution is -1.92. The van der Waals surface area contributed by atoms with Crippen LogP contribution in [0.4, 0.5) is 0 Å². The highest BCUT2D eigenvalue weighted by Gasteiger charge is 1.93. The van der Waals surface area contributed by atoms with Crippen molar-refractivity contribution in [1.29, 1.82) is 0 Å². The quantitative estimate of drug-likeness (QED) is 0.255. The molecule has 0 aromatic rings. The highest BCUT2D eigenvalue weighted by Crippen LogP contribution is 2.10. The number of unbranched alkanes of at least 4 members (excludes halogenated alkanes) is 10. The number of rotatable bonds is 16. The minimum Gasteiger partial charge on any atom is -0.481 e. The van der Waals surface area contributed by atoms with Crippen molar-refractivity contribution in [2.45, 2.75) is 96.8 Å². The molecule has 0 aromatic carbocycles. The minimum absolute atomic E-state index is 0.290. The Labute approximate surface area is 137 Å². The van der Waals surface area contributed by atoms with Gasteiger partial charge in [-0.1, -0.05) is 69.8 Å². The molecule has 2 nitrogen and oxygen atoms in total. The first-order chi connectivity index (χ1) is 10.8. The molecule has 0 aromatic heterocycles. The van der Waals surface area contributed by atoms with Gasteiger partial charge in [0.1, 0.15) is 0 Å². The fourth-order valence-corrected chi connectivity index (χ4v) is 2.40. The van der Waals surface area contributed by atoms with E-state index in [9.17, 15) is 4.79 Å². The van der Waals surface area contributed by atoms with E-state index in [0.717, 1.165) is 19.3 Å². The lowest BCUT2D eigenvalue weighted by molar-refractivity contribution is -0.137. The number of aliphatic carboxylic acids is 1. The Bertz CT molecular complexity index is 292. The average molecular weight is 309 g/mol. The van der Waals surface area contributed by atoms with Crippen LogP contribution in [-0.2, 0) is 4.79 Å².